The third kappa shape index (κ3) is 0.864. The highest BCUT2D eigenvalue weighted by Crippen LogP contribution is 1.95. The summed E-state index contributed by atoms with van der Waals surface area (Å²) in [7, 11) is 2.05. The monoisotopic (exact) mass is 104 g/mol. The van der Waals surface area contributed by atoms with E-state index >= 15 is 0 Å². The highest BCUT2D eigenvalue weighted by Gasteiger charge is 1.97. The zero-order chi connectivity index (χ0) is 4.41. The summed E-state index contributed by atoms with van der Waals surface area (Å²) in [5, 5.41) is 0. The van der Waals surface area contributed by atoms with E-state index in [9.17, 15) is 0 Å². The second kappa shape index (κ2) is 1.82. The molecule has 1 N–H and O–H groups in total. The van der Waals surface area contributed by atoms with Gasteiger partial charge in [0.15, 0.2) is 0 Å². The van der Waals surface area contributed by atoms with Gasteiger partial charge in [-0.15, -0.1) is 0 Å². The van der Waals surface area contributed by atoms with Gasteiger partial charge < -0.3 is 9.84 Å². The Hall–Kier alpha value is 0.270. The molecule has 0 radical (unpaired) electrons. The van der Waals surface area contributed by atoms with Crippen LogP contribution in [0.3, 0.4) is 0 Å². The summed E-state index contributed by atoms with van der Waals surface area (Å²) in [5.74, 6) is 1.20. The third-order valence-corrected chi connectivity index (χ3v) is 1.67. The lowest BCUT2D eigenvalue weighted by Crippen LogP contribution is -2.95. The minimum atomic E-state index is 1.04. The molecule has 3 heteroatoms. The second-order valence-electron chi connectivity index (χ2n) is 1.25. The van der Waals surface area contributed by atoms with Crippen LogP contribution in [0.25, 0.3) is 5.43 Å². The molecule has 1 unspecified atom stereocenters. The molecule has 0 aromatic heterocycles. The maximum Gasteiger partial charge on any atom is 0.0682 e. The summed E-state index contributed by atoms with van der Waals surface area (Å²) in [4.78, 5) is 0. The molecule has 0 spiro atoms. The van der Waals surface area contributed by atoms with E-state index in [1.165, 1.54) is 10.2 Å². The molecule has 2 nitrogen and oxygen atoms in total. The van der Waals surface area contributed by atoms with Crippen LogP contribution in [0.1, 0.15) is 0 Å². The molecule has 0 bridgehead atoms. The molecule has 0 aromatic rings. The first-order valence-corrected chi connectivity index (χ1v) is 3.02. The van der Waals surface area contributed by atoms with Gasteiger partial charge in [0.25, 0.3) is 0 Å². The molecule has 1 aliphatic heterocycles. The Kier molecular flexibility index (Phi) is 1.34. The van der Waals surface area contributed by atoms with Crippen LogP contribution >= 0.6 is 11.9 Å². The van der Waals surface area contributed by atoms with E-state index in [0.717, 1.165) is 6.54 Å². The number of rotatable bonds is 0. The topological polar surface area (TPSA) is 18.5 Å². The van der Waals surface area contributed by atoms with E-state index in [1.807, 2.05) is 11.9 Å². The van der Waals surface area contributed by atoms with Gasteiger partial charge in [-0.2, -0.15) is 0 Å². The van der Waals surface area contributed by atoms with E-state index in [0.29, 0.717) is 0 Å². The van der Waals surface area contributed by atoms with E-state index < -0.39 is 0 Å². The van der Waals surface area contributed by atoms with E-state index in [4.69, 9.17) is 0 Å². The molecule has 0 aromatic carbocycles. The van der Waals surface area contributed by atoms with Crippen molar-refractivity contribution in [1.29, 1.82) is 0 Å². The van der Waals surface area contributed by atoms with Crippen molar-refractivity contribution < 1.29 is 4.41 Å². The van der Waals surface area contributed by atoms with Crippen molar-refractivity contribution in [2.24, 2.45) is 0 Å². The number of hydrogen-bond acceptors (Lipinski definition) is 1. The maximum atomic E-state index is 4.12. The lowest BCUT2D eigenvalue weighted by molar-refractivity contribution is -0.679. The molecule has 0 saturated carbocycles. The van der Waals surface area contributed by atoms with Crippen LogP contribution in [0.15, 0.2) is 0 Å². The van der Waals surface area contributed by atoms with Crippen molar-refractivity contribution in [1.82, 2.24) is 0 Å². The van der Waals surface area contributed by atoms with Gasteiger partial charge in [0.2, 0.25) is 0 Å². The Bertz CT molecular complexity index is 42.1. The molecular weight excluding hydrogens is 96.1 g/mol. The average molecular weight is 104 g/mol. The largest absolute Gasteiger partial charge is 0.441 e. The molecule has 1 saturated heterocycles. The van der Waals surface area contributed by atoms with Gasteiger partial charge in [-0.25, -0.2) is 0 Å². The van der Waals surface area contributed by atoms with Gasteiger partial charge in [0, 0.05) is 5.75 Å². The Labute approximate surface area is 42.0 Å². The standard InChI is InChI=1S/C3H8N2S/c1-5-4-2-3-6-5/h5H,2-3H2,1H3. The van der Waals surface area contributed by atoms with Crippen molar-refractivity contribution >= 4 is 11.9 Å². The van der Waals surface area contributed by atoms with Crippen molar-refractivity contribution in [3.05, 3.63) is 5.43 Å². The lowest BCUT2D eigenvalue weighted by Gasteiger charge is -2.11. The van der Waals surface area contributed by atoms with Crippen LogP contribution < -0.4 is 4.41 Å². The Morgan fingerprint density at radius 1 is 1.83 bits per heavy atom. The van der Waals surface area contributed by atoms with Crippen LogP contribution in [-0.4, -0.2) is 19.3 Å². The first kappa shape index (κ1) is 4.43. The van der Waals surface area contributed by atoms with Crippen molar-refractivity contribution in [3.63, 3.8) is 0 Å². The highest BCUT2D eigenvalue weighted by molar-refractivity contribution is 7.93. The molecule has 1 aliphatic rings. The minimum Gasteiger partial charge on any atom is -0.441 e. The fourth-order valence-corrected chi connectivity index (χ4v) is 1.10. The van der Waals surface area contributed by atoms with Gasteiger partial charge in [-0.1, -0.05) is 6.54 Å². The molecule has 1 rings (SSSR count). The van der Waals surface area contributed by atoms with Crippen LogP contribution in [0.5, 0.6) is 0 Å². The summed E-state index contributed by atoms with van der Waals surface area (Å²) in [5.41, 5.74) is 4.12. The second-order valence-corrected chi connectivity index (χ2v) is 2.54. The van der Waals surface area contributed by atoms with Crippen LogP contribution in [-0.2, 0) is 0 Å². The fourth-order valence-electron chi connectivity index (χ4n) is 0.442. The van der Waals surface area contributed by atoms with E-state index in [2.05, 4.69) is 12.5 Å². The van der Waals surface area contributed by atoms with Crippen molar-refractivity contribution in [2.45, 2.75) is 0 Å². The van der Waals surface area contributed by atoms with Crippen LogP contribution in [0.4, 0.5) is 0 Å². The molecule has 1 atom stereocenters. The SMILES string of the molecule is C[NH+]1[N-]CCS1. The zero-order valence-electron chi connectivity index (χ0n) is 3.77. The predicted octanol–water partition coefficient (Wildman–Crippen LogP) is -0.548. The van der Waals surface area contributed by atoms with Crippen LogP contribution in [0, 0.1) is 0 Å². The van der Waals surface area contributed by atoms with Gasteiger partial charge >= 0.3 is 0 Å². The highest BCUT2D eigenvalue weighted by atomic mass is 32.2. The van der Waals surface area contributed by atoms with Crippen LogP contribution in [0.2, 0.25) is 0 Å². The third-order valence-electron chi connectivity index (χ3n) is 0.737. The minimum absolute atomic E-state index is 1.04. The summed E-state index contributed by atoms with van der Waals surface area (Å²) in [6.45, 7) is 1.04. The number of nitrogens with one attached hydrogen (secondary N) is 1. The quantitative estimate of drug-likeness (QED) is 0.408. The summed E-state index contributed by atoms with van der Waals surface area (Å²) in [6, 6.07) is 0. The van der Waals surface area contributed by atoms with Gasteiger partial charge in [-0.05, 0) is 0 Å². The van der Waals surface area contributed by atoms with Gasteiger partial charge in [0.05, 0.1) is 19.0 Å². The first-order valence-electron chi connectivity index (χ1n) is 2.03. The molecule has 0 amide bonds. The number of hydrogen-bond donors (Lipinski definition) is 1. The average Bonchev–Trinajstić information content (AvgIpc) is 1.86. The summed E-state index contributed by atoms with van der Waals surface area (Å²) >= 11 is 1.85. The summed E-state index contributed by atoms with van der Waals surface area (Å²) in [6.07, 6.45) is 0. The Morgan fingerprint density at radius 3 is 2.83 bits per heavy atom. The predicted molar refractivity (Wildman–Crippen MR) is 27.6 cm³/mol. The van der Waals surface area contributed by atoms with Gasteiger partial charge in [0.1, 0.15) is 0 Å². The molecule has 6 heavy (non-hydrogen) atoms. The molecule has 36 valence electrons. The number of quaternary nitrogens is 1. The molecule has 1 fully saturated rings. The zero-order valence-corrected chi connectivity index (χ0v) is 4.59. The Balaban J connectivity index is 2.18. The van der Waals surface area contributed by atoms with Gasteiger partial charge in [-0.3, -0.25) is 0 Å². The van der Waals surface area contributed by atoms with Crippen molar-refractivity contribution in [2.75, 3.05) is 19.3 Å². The van der Waals surface area contributed by atoms with E-state index in [-0.39, 0.29) is 0 Å². The maximum absolute atomic E-state index is 4.12. The van der Waals surface area contributed by atoms with E-state index in [1.54, 1.807) is 0 Å². The Morgan fingerprint density at radius 2 is 2.67 bits per heavy atom. The summed E-state index contributed by atoms with van der Waals surface area (Å²) < 4.78 is 1.25. The first-order chi connectivity index (χ1) is 2.89. The lowest BCUT2D eigenvalue weighted by atomic mass is 10.8. The molecule has 1 heterocycles. The molecular formula is C3H8N2S. The smallest absolute Gasteiger partial charge is 0.0682 e. The normalized spacial score (nSPS) is 34.5. The molecule has 0 aliphatic carbocycles. The van der Waals surface area contributed by atoms with Crippen molar-refractivity contribution in [3.8, 4) is 0 Å². The fraction of sp³-hybridized carbons (Fsp3) is 1.00. The number of nitrogens with zero attached hydrogens (tertiary/aromatic N) is 1.